The van der Waals surface area contributed by atoms with Gasteiger partial charge < -0.3 is 15.0 Å². The summed E-state index contributed by atoms with van der Waals surface area (Å²) in [4.78, 5) is 26.2. The smallest absolute Gasteiger partial charge is 0.252 e. The van der Waals surface area contributed by atoms with Crippen LogP contribution in [0.3, 0.4) is 0 Å². The van der Waals surface area contributed by atoms with Crippen LogP contribution in [0.1, 0.15) is 13.3 Å². The Hall–Kier alpha value is -2.40. The molecule has 1 heterocycles. The molecule has 1 fully saturated rings. The van der Waals surface area contributed by atoms with E-state index in [1.807, 2.05) is 49.4 Å². The van der Waals surface area contributed by atoms with Gasteiger partial charge in [-0.15, -0.1) is 0 Å². The fourth-order valence-corrected chi connectivity index (χ4v) is 2.85. The molecule has 1 aliphatic rings. The van der Waals surface area contributed by atoms with Crippen LogP contribution in [-0.4, -0.2) is 42.5 Å². The number of ether oxygens (including phenoxy) is 1. The minimum atomic E-state index is -0.682. The van der Waals surface area contributed by atoms with Gasteiger partial charge in [0.25, 0.3) is 5.91 Å². The van der Waals surface area contributed by atoms with Crippen molar-refractivity contribution in [1.82, 2.24) is 4.90 Å². The largest absolute Gasteiger partial charge is 0.366 e. The summed E-state index contributed by atoms with van der Waals surface area (Å²) in [6.45, 7) is 3.64. The number of nitrogens with zero attached hydrogens (tertiary/aromatic N) is 1. The highest BCUT2D eigenvalue weighted by molar-refractivity contribution is 6.03. The quantitative estimate of drug-likeness (QED) is 0.943. The number of likely N-dealkylation sites (N-methyl/N-ethyl adjacent to an activating group) is 1. The first-order chi connectivity index (χ1) is 11.2. The molecular formula is C18H20N2O3. The maximum absolute atomic E-state index is 12.3. The van der Waals surface area contributed by atoms with Gasteiger partial charge in [-0.2, -0.15) is 0 Å². The average molecular weight is 312 g/mol. The van der Waals surface area contributed by atoms with E-state index in [-0.39, 0.29) is 18.2 Å². The predicted octanol–water partition coefficient (Wildman–Crippen LogP) is 2.42. The van der Waals surface area contributed by atoms with Gasteiger partial charge in [-0.05, 0) is 18.4 Å². The van der Waals surface area contributed by atoms with Gasteiger partial charge in [0.2, 0.25) is 5.91 Å². The average Bonchev–Trinajstić information content (AvgIpc) is 2.57. The molecule has 0 aromatic heterocycles. The zero-order valence-electron chi connectivity index (χ0n) is 13.1. The fourth-order valence-electron chi connectivity index (χ4n) is 2.85. The fraction of sp³-hybridized carbons (Fsp3) is 0.333. The minimum Gasteiger partial charge on any atom is -0.366 e. The van der Waals surface area contributed by atoms with Crippen LogP contribution in [0.5, 0.6) is 0 Å². The molecule has 1 N–H and O–H groups in total. The van der Waals surface area contributed by atoms with Crippen LogP contribution < -0.4 is 5.32 Å². The zero-order valence-corrected chi connectivity index (χ0v) is 13.1. The van der Waals surface area contributed by atoms with Crippen molar-refractivity contribution in [2.75, 3.05) is 25.0 Å². The van der Waals surface area contributed by atoms with E-state index >= 15 is 0 Å². The van der Waals surface area contributed by atoms with Crippen molar-refractivity contribution < 1.29 is 14.3 Å². The Balaban J connectivity index is 1.70. The van der Waals surface area contributed by atoms with Crippen LogP contribution in [-0.2, 0) is 14.3 Å². The summed E-state index contributed by atoms with van der Waals surface area (Å²) in [5.74, 6) is -0.315. The third kappa shape index (κ3) is 3.35. The van der Waals surface area contributed by atoms with Crippen molar-refractivity contribution in [2.45, 2.75) is 19.4 Å². The van der Waals surface area contributed by atoms with Gasteiger partial charge in [0.05, 0.1) is 13.0 Å². The maximum Gasteiger partial charge on any atom is 0.252 e. The summed E-state index contributed by atoms with van der Waals surface area (Å²) < 4.78 is 5.47. The van der Waals surface area contributed by atoms with E-state index in [4.69, 9.17) is 4.74 Å². The number of morpholine rings is 1. The third-order valence-corrected chi connectivity index (χ3v) is 4.08. The van der Waals surface area contributed by atoms with Gasteiger partial charge in [-0.3, -0.25) is 9.59 Å². The molecule has 2 aromatic carbocycles. The predicted molar refractivity (Wildman–Crippen MR) is 89.2 cm³/mol. The summed E-state index contributed by atoms with van der Waals surface area (Å²) in [5, 5.41) is 4.94. The monoisotopic (exact) mass is 312 g/mol. The summed E-state index contributed by atoms with van der Waals surface area (Å²) >= 11 is 0. The van der Waals surface area contributed by atoms with Gasteiger partial charge >= 0.3 is 0 Å². The van der Waals surface area contributed by atoms with Crippen molar-refractivity contribution in [3.63, 3.8) is 0 Å². The highest BCUT2D eigenvalue weighted by atomic mass is 16.5. The van der Waals surface area contributed by atoms with E-state index in [2.05, 4.69) is 5.32 Å². The van der Waals surface area contributed by atoms with E-state index in [1.165, 1.54) is 0 Å². The lowest BCUT2D eigenvalue weighted by Gasteiger charge is -2.31. The lowest BCUT2D eigenvalue weighted by Crippen LogP contribution is -2.48. The molecule has 0 spiro atoms. The van der Waals surface area contributed by atoms with E-state index in [9.17, 15) is 9.59 Å². The first-order valence-electron chi connectivity index (χ1n) is 7.87. The summed E-state index contributed by atoms with van der Waals surface area (Å²) in [6.07, 6.45) is -0.642. The molecule has 3 rings (SSSR count). The zero-order chi connectivity index (χ0) is 16.2. The van der Waals surface area contributed by atoms with Crippen LogP contribution in [0, 0.1) is 0 Å². The highest BCUT2D eigenvalue weighted by Crippen LogP contribution is 2.23. The third-order valence-electron chi connectivity index (χ3n) is 4.08. The highest BCUT2D eigenvalue weighted by Gasteiger charge is 2.30. The Morgan fingerprint density at radius 2 is 2.04 bits per heavy atom. The van der Waals surface area contributed by atoms with Gasteiger partial charge in [-0.25, -0.2) is 0 Å². The van der Waals surface area contributed by atoms with Crippen molar-refractivity contribution in [3.8, 4) is 0 Å². The Labute approximate surface area is 135 Å². The van der Waals surface area contributed by atoms with Gasteiger partial charge in [0, 0.05) is 24.2 Å². The number of carbonyl (C=O) groups excluding carboxylic acids is 2. The van der Waals surface area contributed by atoms with Crippen molar-refractivity contribution in [1.29, 1.82) is 0 Å². The number of rotatable bonds is 4. The molecule has 0 radical (unpaired) electrons. The molecule has 0 aliphatic carbocycles. The topological polar surface area (TPSA) is 58.6 Å². The SMILES string of the molecule is CCN1CCO[C@@H](CC(=O)Nc2cccc3ccccc23)C1=O. The molecular weight excluding hydrogens is 292 g/mol. The molecule has 1 atom stereocenters. The van der Waals surface area contributed by atoms with Gasteiger partial charge in [0.15, 0.2) is 0 Å². The van der Waals surface area contributed by atoms with E-state index in [0.717, 1.165) is 16.5 Å². The van der Waals surface area contributed by atoms with E-state index in [1.54, 1.807) is 4.90 Å². The number of fused-ring (bicyclic) bond motifs is 1. The van der Waals surface area contributed by atoms with Crippen LogP contribution in [0.15, 0.2) is 42.5 Å². The number of amides is 2. The van der Waals surface area contributed by atoms with Crippen LogP contribution >= 0.6 is 0 Å². The van der Waals surface area contributed by atoms with Gasteiger partial charge in [-0.1, -0.05) is 36.4 Å². The Morgan fingerprint density at radius 1 is 1.26 bits per heavy atom. The number of hydrogen-bond donors (Lipinski definition) is 1. The number of hydrogen-bond acceptors (Lipinski definition) is 3. The second-order valence-corrected chi connectivity index (χ2v) is 5.56. The summed E-state index contributed by atoms with van der Waals surface area (Å²) in [7, 11) is 0. The van der Waals surface area contributed by atoms with Crippen LogP contribution in [0.4, 0.5) is 5.69 Å². The van der Waals surface area contributed by atoms with E-state index in [0.29, 0.717) is 19.7 Å². The number of carbonyl (C=O) groups is 2. The first kappa shape index (κ1) is 15.5. The summed E-state index contributed by atoms with van der Waals surface area (Å²) in [5.41, 5.74) is 0.753. The molecule has 5 heteroatoms. The Kier molecular flexibility index (Phi) is 4.57. The number of nitrogens with one attached hydrogen (secondary N) is 1. The van der Waals surface area contributed by atoms with Crippen LogP contribution in [0.2, 0.25) is 0 Å². The summed E-state index contributed by atoms with van der Waals surface area (Å²) in [6, 6.07) is 13.6. The lowest BCUT2D eigenvalue weighted by molar-refractivity contribution is -0.154. The molecule has 1 aliphatic heterocycles. The molecule has 2 amide bonds. The molecule has 120 valence electrons. The minimum absolute atomic E-state index is 0.0402. The number of anilines is 1. The molecule has 0 saturated carbocycles. The Morgan fingerprint density at radius 3 is 2.87 bits per heavy atom. The van der Waals surface area contributed by atoms with Crippen LogP contribution in [0.25, 0.3) is 10.8 Å². The first-order valence-corrected chi connectivity index (χ1v) is 7.87. The second kappa shape index (κ2) is 6.79. The molecule has 0 unspecified atom stereocenters. The molecule has 5 nitrogen and oxygen atoms in total. The van der Waals surface area contributed by atoms with E-state index < -0.39 is 6.10 Å². The molecule has 2 aromatic rings. The maximum atomic E-state index is 12.3. The van der Waals surface area contributed by atoms with Crippen molar-refractivity contribution in [3.05, 3.63) is 42.5 Å². The van der Waals surface area contributed by atoms with Crippen molar-refractivity contribution in [2.24, 2.45) is 0 Å². The molecule has 1 saturated heterocycles. The molecule has 0 bridgehead atoms. The Bertz CT molecular complexity index is 724. The second-order valence-electron chi connectivity index (χ2n) is 5.56. The van der Waals surface area contributed by atoms with Crippen molar-refractivity contribution >= 4 is 28.3 Å². The lowest BCUT2D eigenvalue weighted by atomic mass is 10.1. The molecule has 23 heavy (non-hydrogen) atoms. The normalized spacial score (nSPS) is 18.2. The van der Waals surface area contributed by atoms with Gasteiger partial charge in [0.1, 0.15) is 6.10 Å². The standard InChI is InChI=1S/C18H20N2O3/c1-2-20-10-11-23-16(18(20)22)12-17(21)19-15-9-5-7-13-6-3-4-8-14(13)15/h3-9,16H,2,10-12H2,1H3,(H,19,21)/t16-/m0/s1. The number of benzene rings is 2.